The summed E-state index contributed by atoms with van der Waals surface area (Å²) in [5, 5.41) is 0. The SMILES string of the molecule is CN=C(OC(C)(C=O)CC1CCCC1)N1CCC2(CC1)OCc1ccccc12. The van der Waals surface area contributed by atoms with Crippen molar-refractivity contribution in [2.45, 2.75) is 69.7 Å². The minimum atomic E-state index is -0.796. The zero-order chi connectivity index (χ0) is 19.6. The van der Waals surface area contributed by atoms with Gasteiger partial charge in [0.05, 0.1) is 12.2 Å². The summed E-state index contributed by atoms with van der Waals surface area (Å²) in [6.45, 7) is 4.25. The summed E-state index contributed by atoms with van der Waals surface area (Å²) in [5.74, 6) is 0.585. The monoisotopic (exact) mass is 384 g/mol. The van der Waals surface area contributed by atoms with Gasteiger partial charge in [-0.15, -0.1) is 0 Å². The molecule has 0 bridgehead atoms. The van der Waals surface area contributed by atoms with Crippen molar-refractivity contribution in [3.63, 3.8) is 0 Å². The van der Waals surface area contributed by atoms with Crippen LogP contribution >= 0.6 is 0 Å². The molecule has 1 aromatic carbocycles. The maximum absolute atomic E-state index is 11.9. The summed E-state index contributed by atoms with van der Waals surface area (Å²) < 4.78 is 12.5. The van der Waals surface area contributed by atoms with Crippen molar-refractivity contribution in [2.75, 3.05) is 20.1 Å². The molecule has 2 heterocycles. The lowest BCUT2D eigenvalue weighted by atomic mass is 9.84. The number of ether oxygens (including phenoxy) is 2. The molecule has 1 aliphatic carbocycles. The molecule has 0 aromatic heterocycles. The Bertz CT molecular complexity index is 733. The van der Waals surface area contributed by atoms with Crippen molar-refractivity contribution in [3.05, 3.63) is 35.4 Å². The van der Waals surface area contributed by atoms with Crippen molar-refractivity contribution in [1.82, 2.24) is 4.90 Å². The van der Waals surface area contributed by atoms with Crippen molar-refractivity contribution in [2.24, 2.45) is 10.9 Å². The zero-order valence-corrected chi connectivity index (χ0v) is 17.2. The van der Waals surface area contributed by atoms with Gasteiger partial charge in [-0.25, -0.2) is 4.99 Å². The summed E-state index contributed by atoms with van der Waals surface area (Å²) in [7, 11) is 1.75. The van der Waals surface area contributed by atoms with E-state index in [1.54, 1.807) is 7.05 Å². The second-order valence-corrected chi connectivity index (χ2v) is 8.82. The van der Waals surface area contributed by atoms with Gasteiger partial charge >= 0.3 is 0 Å². The predicted molar refractivity (Wildman–Crippen MR) is 109 cm³/mol. The quantitative estimate of drug-likeness (QED) is 0.446. The molecule has 152 valence electrons. The Labute approximate surface area is 168 Å². The van der Waals surface area contributed by atoms with Crippen molar-refractivity contribution in [3.8, 4) is 0 Å². The van der Waals surface area contributed by atoms with E-state index in [2.05, 4.69) is 34.2 Å². The normalized spacial score (nSPS) is 24.2. The van der Waals surface area contributed by atoms with Crippen LogP contribution in [0.4, 0.5) is 0 Å². The molecule has 2 fully saturated rings. The van der Waals surface area contributed by atoms with Crippen LogP contribution in [-0.2, 0) is 26.5 Å². The van der Waals surface area contributed by atoms with Crippen LogP contribution in [0.5, 0.6) is 0 Å². The summed E-state index contributed by atoms with van der Waals surface area (Å²) in [4.78, 5) is 18.4. The number of aliphatic imine (C=N–C) groups is 1. The third kappa shape index (κ3) is 3.69. The molecule has 0 radical (unpaired) electrons. The minimum Gasteiger partial charge on any atom is -0.451 e. The first kappa shape index (κ1) is 19.4. The highest BCUT2D eigenvalue weighted by molar-refractivity contribution is 5.77. The zero-order valence-electron chi connectivity index (χ0n) is 17.2. The highest BCUT2D eigenvalue weighted by Crippen LogP contribution is 2.44. The predicted octanol–water partition coefficient (Wildman–Crippen LogP) is 4.05. The van der Waals surface area contributed by atoms with Gasteiger partial charge in [0.2, 0.25) is 0 Å². The van der Waals surface area contributed by atoms with Crippen LogP contribution in [-0.4, -0.2) is 42.9 Å². The van der Waals surface area contributed by atoms with Gasteiger partial charge in [-0.2, -0.15) is 0 Å². The fourth-order valence-electron chi connectivity index (χ4n) is 5.22. The minimum absolute atomic E-state index is 0.177. The Morgan fingerprint density at radius 1 is 1.32 bits per heavy atom. The number of nitrogens with zero attached hydrogens (tertiary/aromatic N) is 2. The second kappa shape index (κ2) is 7.86. The number of amidine groups is 1. The first-order valence-corrected chi connectivity index (χ1v) is 10.7. The third-order valence-corrected chi connectivity index (χ3v) is 6.79. The van der Waals surface area contributed by atoms with Crippen molar-refractivity contribution in [1.29, 1.82) is 0 Å². The number of piperidine rings is 1. The first-order valence-electron chi connectivity index (χ1n) is 10.7. The molecule has 5 nitrogen and oxygen atoms in total. The molecule has 1 unspecified atom stereocenters. The molecule has 1 saturated heterocycles. The van der Waals surface area contributed by atoms with E-state index in [4.69, 9.17) is 9.47 Å². The van der Waals surface area contributed by atoms with Crippen molar-refractivity contribution < 1.29 is 14.3 Å². The number of benzene rings is 1. The van der Waals surface area contributed by atoms with E-state index >= 15 is 0 Å². The van der Waals surface area contributed by atoms with Crippen LogP contribution in [0.15, 0.2) is 29.3 Å². The largest absolute Gasteiger partial charge is 0.451 e. The lowest BCUT2D eigenvalue weighted by Gasteiger charge is -2.41. The maximum atomic E-state index is 11.9. The molecule has 1 atom stereocenters. The number of rotatable bonds is 4. The highest BCUT2D eigenvalue weighted by atomic mass is 16.5. The van der Waals surface area contributed by atoms with E-state index in [0.29, 0.717) is 18.5 Å². The van der Waals surface area contributed by atoms with E-state index < -0.39 is 5.60 Å². The lowest BCUT2D eigenvalue weighted by molar-refractivity contribution is -0.124. The number of hydrogen-bond donors (Lipinski definition) is 0. The summed E-state index contributed by atoms with van der Waals surface area (Å²) >= 11 is 0. The molecule has 0 N–H and O–H groups in total. The molecule has 3 aliphatic rings. The van der Waals surface area contributed by atoms with Crippen molar-refractivity contribution >= 4 is 12.3 Å². The lowest BCUT2D eigenvalue weighted by Crippen LogP contribution is -2.48. The summed E-state index contributed by atoms with van der Waals surface area (Å²) in [6, 6.07) is 9.14. The van der Waals surface area contributed by atoms with E-state index in [1.807, 2.05) is 6.92 Å². The van der Waals surface area contributed by atoms with Crippen LogP contribution in [0.25, 0.3) is 0 Å². The van der Waals surface area contributed by atoms with Gasteiger partial charge in [0.1, 0.15) is 0 Å². The molecule has 2 aliphatic heterocycles. The molecule has 28 heavy (non-hydrogen) atoms. The highest BCUT2D eigenvalue weighted by Gasteiger charge is 2.44. The van der Waals surface area contributed by atoms with Gasteiger partial charge in [-0.1, -0.05) is 49.9 Å². The maximum Gasteiger partial charge on any atom is 0.287 e. The molecular weight excluding hydrogens is 352 g/mol. The number of carbonyl (C=O) groups excluding carboxylic acids is 1. The molecule has 4 rings (SSSR count). The van der Waals surface area contributed by atoms with E-state index in [1.165, 1.54) is 36.8 Å². The topological polar surface area (TPSA) is 51.1 Å². The average molecular weight is 385 g/mol. The van der Waals surface area contributed by atoms with Crippen LogP contribution in [0.1, 0.15) is 63.0 Å². The molecule has 1 saturated carbocycles. The average Bonchev–Trinajstić information content (AvgIpc) is 3.36. The van der Waals surface area contributed by atoms with E-state index in [9.17, 15) is 4.79 Å². The molecule has 1 aromatic rings. The second-order valence-electron chi connectivity index (χ2n) is 8.82. The number of hydrogen-bond acceptors (Lipinski definition) is 4. The third-order valence-electron chi connectivity index (χ3n) is 6.79. The number of aldehydes is 1. The van der Waals surface area contributed by atoms with Crippen LogP contribution in [0.3, 0.4) is 0 Å². The number of likely N-dealkylation sites (tertiary alicyclic amines) is 1. The molecular formula is C23H32N2O3. The standard InChI is InChI=1S/C23H32N2O3/c1-22(17-26,15-18-7-3-4-8-18)28-21(24-2)25-13-11-23(12-14-25)20-10-6-5-9-19(20)16-27-23/h5-6,9-10,17-18H,3-4,7-8,11-16H2,1-2H3. The Kier molecular flexibility index (Phi) is 5.46. The fraction of sp³-hybridized carbons (Fsp3) is 0.652. The first-order chi connectivity index (χ1) is 13.6. The van der Waals surface area contributed by atoms with Crippen LogP contribution < -0.4 is 0 Å². The Morgan fingerprint density at radius 3 is 2.71 bits per heavy atom. The number of carbonyl (C=O) groups is 1. The Morgan fingerprint density at radius 2 is 2.04 bits per heavy atom. The van der Waals surface area contributed by atoms with Gasteiger partial charge in [0, 0.05) is 20.1 Å². The van der Waals surface area contributed by atoms with Gasteiger partial charge in [-0.3, -0.25) is 4.79 Å². The smallest absolute Gasteiger partial charge is 0.287 e. The molecule has 0 amide bonds. The summed E-state index contributed by atoms with van der Waals surface area (Å²) in [5.41, 5.74) is 1.67. The fourth-order valence-corrected chi connectivity index (χ4v) is 5.22. The Balaban J connectivity index is 1.41. The Hall–Kier alpha value is -1.88. The van der Waals surface area contributed by atoms with Crippen LogP contribution in [0.2, 0.25) is 0 Å². The van der Waals surface area contributed by atoms with Gasteiger partial charge in [0.25, 0.3) is 6.02 Å². The molecule has 1 spiro atoms. The van der Waals surface area contributed by atoms with Gasteiger partial charge < -0.3 is 14.4 Å². The summed E-state index contributed by atoms with van der Waals surface area (Å²) in [6.07, 6.45) is 8.51. The number of fused-ring (bicyclic) bond motifs is 2. The molecule has 5 heteroatoms. The van der Waals surface area contributed by atoms with E-state index in [-0.39, 0.29) is 5.60 Å². The van der Waals surface area contributed by atoms with Crippen LogP contribution in [0, 0.1) is 5.92 Å². The van der Waals surface area contributed by atoms with E-state index in [0.717, 1.165) is 38.6 Å². The van der Waals surface area contributed by atoms with Gasteiger partial charge in [0.15, 0.2) is 11.9 Å². The van der Waals surface area contributed by atoms with Gasteiger partial charge in [-0.05, 0) is 43.2 Å².